The standard InChI is InChI=1S/C43H28N2OS/c1-4-10-29(11-5-1)31-16-20-34(21-17-31)45(35-22-18-32(19-23-35)30-12-6-2-7-13-30)36-24-25-37-38-27-40-39(28-42(38)47-41(37)26-36)44-43(46-40)33-14-8-3-9-15-33/h1-28H. The predicted molar refractivity (Wildman–Crippen MR) is 198 cm³/mol. The van der Waals surface area contributed by atoms with Gasteiger partial charge in [0.05, 0.1) is 0 Å². The Morgan fingerprint density at radius 3 is 1.49 bits per heavy atom. The first-order chi connectivity index (χ1) is 23.3. The molecule has 7 aromatic carbocycles. The fourth-order valence-corrected chi connectivity index (χ4v) is 7.50. The number of benzene rings is 7. The van der Waals surface area contributed by atoms with Crippen molar-refractivity contribution in [2.24, 2.45) is 0 Å². The summed E-state index contributed by atoms with van der Waals surface area (Å²) >= 11 is 1.79. The van der Waals surface area contributed by atoms with Crippen molar-refractivity contribution in [2.45, 2.75) is 0 Å². The van der Waals surface area contributed by atoms with E-state index in [-0.39, 0.29) is 0 Å². The lowest BCUT2D eigenvalue weighted by Gasteiger charge is -2.26. The highest BCUT2D eigenvalue weighted by Gasteiger charge is 2.17. The molecule has 222 valence electrons. The molecule has 9 aromatic rings. The van der Waals surface area contributed by atoms with Gasteiger partial charge in [-0.15, -0.1) is 11.3 Å². The zero-order valence-corrected chi connectivity index (χ0v) is 26.2. The molecule has 0 unspecified atom stereocenters. The zero-order valence-electron chi connectivity index (χ0n) is 25.4. The highest BCUT2D eigenvalue weighted by molar-refractivity contribution is 7.25. The van der Waals surface area contributed by atoms with E-state index in [0.29, 0.717) is 5.89 Å². The molecule has 0 saturated heterocycles. The summed E-state index contributed by atoms with van der Waals surface area (Å²) in [6.07, 6.45) is 0. The topological polar surface area (TPSA) is 29.3 Å². The van der Waals surface area contributed by atoms with Crippen molar-refractivity contribution in [1.82, 2.24) is 4.98 Å². The van der Waals surface area contributed by atoms with Gasteiger partial charge in [0.2, 0.25) is 5.89 Å². The highest BCUT2D eigenvalue weighted by atomic mass is 32.1. The average molecular weight is 621 g/mol. The second kappa shape index (κ2) is 11.4. The highest BCUT2D eigenvalue weighted by Crippen LogP contribution is 2.42. The van der Waals surface area contributed by atoms with Crippen molar-refractivity contribution in [1.29, 1.82) is 0 Å². The van der Waals surface area contributed by atoms with Crippen molar-refractivity contribution < 1.29 is 4.42 Å². The van der Waals surface area contributed by atoms with E-state index in [1.54, 1.807) is 11.3 Å². The lowest BCUT2D eigenvalue weighted by Crippen LogP contribution is -2.09. The summed E-state index contributed by atoms with van der Waals surface area (Å²) in [5.74, 6) is 0.650. The summed E-state index contributed by atoms with van der Waals surface area (Å²) < 4.78 is 8.65. The van der Waals surface area contributed by atoms with Gasteiger partial charge in [-0.05, 0) is 82.9 Å². The van der Waals surface area contributed by atoms with Crippen LogP contribution in [-0.4, -0.2) is 4.98 Å². The molecule has 0 saturated carbocycles. The first-order valence-corrected chi connectivity index (χ1v) is 16.5. The molecule has 0 aliphatic rings. The maximum Gasteiger partial charge on any atom is 0.227 e. The van der Waals surface area contributed by atoms with E-state index in [9.17, 15) is 0 Å². The Labute approximate surface area is 276 Å². The Kier molecular flexibility index (Phi) is 6.65. The Hall–Kier alpha value is -5.97. The van der Waals surface area contributed by atoms with Gasteiger partial charge in [-0.25, -0.2) is 4.98 Å². The number of hydrogen-bond acceptors (Lipinski definition) is 4. The van der Waals surface area contributed by atoms with Crippen LogP contribution in [0.15, 0.2) is 174 Å². The molecule has 2 aromatic heterocycles. The number of oxazole rings is 1. The number of nitrogens with zero attached hydrogens (tertiary/aromatic N) is 2. The molecule has 2 heterocycles. The monoisotopic (exact) mass is 620 g/mol. The number of anilines is 3. The average Bonchev–Trinajstić information content (AvgIpc) is 3.72. The number of rotatable bonds is 6. The van der Waals surface area contributed by atoms with E-state index in [4.69, 9.17) is 9.40 Å². The first kappa shape index (κ1) is 27.3. The Balaban J connectivity index is 1.14. The minimum absolute atomic E-state index is 0.650. The third-order valence-electron chi connectivity index (χ3n) is 8.71. The van der Waals surface area contributed by atoms with Crippen molar-refractivity contribution in [3.05, 3.63) is 170 Å². The molecule has 0 N–H and O–H groups in total. The molecule has 0 spiro atoms. The maximum atomic E-state index is 6.23. The van der Waals surface area contributed by atoms with Crippen LogP contribution in [0.5, 0.6) is 0 Å². The predicted octanol–water partition coefficient (Wildman–Crippen LogP) is 12.7. The summed E-state index contributed by atoms with van der Waals surface area (Å²) in [6.45, 7) is 0. The maximum absolute atomic E-state index is 6.23. The van der Waals surface area contributed by atoms with Crippen LogP contribution in [0.2, 0.25) is 0 Å². The van der Waals surface area contributed by atoms with Gasteiger partial charge in [-0.1, -0.05) is 109 Å². The third kappa shape index (κ3) is 5.05. The molecule has 3 nitrogen and oxygen atoms in total. The Morgan fingerprint density at radius 1 is 0.426 bits per heavy atom. The van der Waals surface area contributed by atoms with Gasteiger partial charge in [0, 0.05) is 42.8 Å². The molecule has 0 atom stereocenters. The minimum Gasteiger partial charge on any atom is -0.436 e. The van der Waals surface area contributed by atoms with Crippen LogP contribution in [0.1, 0.15) is 0 Å². The molecular formula is C43H28N2OS. The Bertz CT molecular complexity index is 2400. The van der Waals surface area contributed by atoms with Crippen molar-refractivity contribution in [2.75, 3.05) is 4.90 Å². The molecule has 0 fully saturated rings. The SMILES string of the molecule is c1ccc(-c2ccc(N(c3ccc(-c4ccccc4)cc3)c3ccc4c(c3)sc3cc5nc(-c6ccccc6)oc5cc34)cc2)cc1. The smallest absolute Gasteiger partial charge is 0.227 e. The lowest BCUT2D eigenvalue weighted by atomic mass is 10.0. The molecule has 47 heavy (non-hydrogen) atoms. The molecule has 9 rings (SSSR count). The first-order valence-electron chi connectivity index (χ1n) is 15.7. The molecule has 0 aliphatic carbocycles. The number of thiophene rings is 1. The molecule has 0 radical (unpaired) electrons. The van der Waals surface area contributed by atoms with Crippen LogP contribution in [0.3, 0.4) is 0 Å². The van der Waals surface area contributed by atoms with Crippen molar-refractivity contribution in [3.63, 3.8) is 0 Å². The Morgan fingerprint density at radius 2 is 0.915 bits per heavy atom. The van der Waals surface area contributed by atoms with E-state index in [1.165, 1.54) is 42.4 Å². The van der Waals surface area contributed by atoms with Crippen LogP contribution < -0.4 is 4.90 Å². The van der Waals surface area contributed by atoms with E-state index >= 15 is 0 Å². The van der Waals surface area contributed by atoms with Gasteiger partial charge >= 0.3 is 0 Å². The lowest BCUT2D eigenvalue weighted by molar-refractivity contribution is 0.620. The van der Waals surface area contributed by atoms with Crippen LogP contribution in [0.25, 0.3) is 65.0 Å². The van der Waals surface area contributed by atoms with Crippen molar-refractivity contribution in [3.8, 4) is 33.7 Å². The van der Waals surface area contributed by atoms with Gasteiger partial charge in [-0.2, -0.15) is 0 Å². The van der Waals surface area contributed by atoms with Gasteiger partial charge in [0.1, 0.15) is 5.52 Å². The summed E-state index contributed by atoms with van der Waals surface area (Å²) in [7, 11) is 0. The van der Waals surface area contributed by atoms with Crippen LogP contribution >= 0.6 is 11.3 Å². The summed E-state index contributed by atoms with van der Waals surface area (Å²) in [4.78, 5) is 7.16. The molecular weight excluding hydrogens is 593 g/mol. The van der Waals surface area contributed by atoms with Crippen LogP contribution in [0.4, 0.5) is 17.1 Å². The van der Waals surface area contributed by atoms with E-state index in [0.717, 1.165) is 33.7 Å². The largest absolute Gasteiger partial charge is 0.436 e. The van der Waals surface area contributed by atoms with E-state index in [2.05, 4.69) is 144 Å². The molecule has 0 amide bonds. The van der Waals surface area contributed by atoms with Gasteiger partial charge in [-0.3, -0.25) is 0 Å². The normalized spacial score (nSPS) is 11.4. The van der Waals surface area contributed by atoms with Crippen LogP contribution in [0, 0.1) is 0 Å². The third-order valence-corrected chi connectivity index (χ3v) is 9.82. The second-order valence-electron chi connectivity index (χ2n) is 11.6. The number of hydrogen-bond donors (Lipinski definition) is 0. The molecule has 0 bridgehead atoms. The minimum atomic E-state index is 0.650. The second-order valence-corrected chi connectivity index (χ2v) is 12.7. The number of aromatic nitrogens is 1. The quantitative estimate of drug-likeness (QED) is 0.185. The fourth-order valence-electron chi connectivity index (χ4n) is 6.34. The summed E-state index contributed by atoms with van der Waals surface area (Å²) in [5, 5.41) is 2.40. The van der Waals surface area contributed by atoms with E-state index < -0.39 is 0 Å². The van der Waals surface area contributed by atoms with Crippen molar-refractivity contribution >= 4 is 59.7 Å². The number of fused-ring (bicyclic) bond motifs is 4. The van der Waals surface area contributed by atoms with Gasteiger partial charge < -0.3 is 9.32 Å². The zero-order chi connectivity index (χ0) is 31.2. The fraction of sp³-hybridized carbons (Fsp3) is 0. The van der Waals surface area contributed by atoms with Gasteiger partial charge in [0.15, 0.2) is 5.58 Å². The summed E-state index contributed by atoms with van der Waals surface area (Å²) in [5.41, 5.74) is 10.8. The summed E-state index contributed by atoms with van der Waals surface area (Å²) in [6, 6.07) is 59.9. The molecule has 4 heteroatoms. The van der Waals surface area contributed by atoms with E-state index in [1.807, 2.05) is 30.3 Å². The van der Waals surface area contributed by atoms with Gasteiger partial charge in [0.25, 0.3) is 0 Å². The van der Waals surface area contributed by atoms with Crippen LogP contribution in [-0.2, 0) is 0 Å². The molecule has 0 aliphatic heterocycles.